The highest BCUT2D eigenvalue weighted by Gasteiger charge is 2.03. The maximum atomic E-state index is 5.78. The third-order valence-electron chi connectivity index (χ3n) is 4.61. The number of hydrogen-bond donors (Lipinski definition) is 2. The van der Waals surface area contributed by atoms with Crippen LogP contribution in [0.3, 0.4) is 0 Å². The molecule has 0 fully saturated rings. The molecule has 0 aliphatic carbocycles. The summed E-state index contributed by atoms with van der Waals surface area (Å²) >= 11 is 0. The fraction of sp³-hybridized carbons (Fsp3) is 0.250. The number of aliphatic imine (C=N–C) groups is 1. The van der Waals surface area contributed by atoms with Crippen LogP contribution in [0.4, 0.5) is 0 Å². The van der Waals surface area contributed by atoms with Crippen molar-refractivity contribution in [2.75, 3.05) is 27.8 Å². The van der Waals surface area contributed by atoms with Crippen molar-refractivity contribution < 1.29 is 14.2 Å². The molecule has 0 aliphatic rings. The summed E-state index contributed by atoms with van der Waals surface area (Å²) in [6.07, 6.45) is 2.68. The standard InChI is InChI=1S/C24H28N4O3/c1-25-24(26-14-13-18-7-10-20(29-2)11-8-18)28-17-19-9-12-23(27-16-19)31-22-6-4-5-21(15-22)30-3/h4-12,15-16H,13-14,17H2,1-3H3,(H2,25,26,28). The number of aromatic nitrogens is 1. The van der Waals surface area contributed by atoms with Crippen molar-refractivity contribution in [2.24, 2.45) is 4.99 Å². The zero-order chi connectivity index (χ0) is 21.9. The van der Waals surface area contributed by atoms with E-state index in [1.165, 1.54) is 5.56 Å². The van der Waals surface area contributed by atoms with E-state index < -0.39 is 0 Å². The number of methoxy groups -OCH3 is 2. The van der Waals surface area contributed by atoms with E-state index in [4.69, 9.17) is 14.2 Å². The highest BCUT2D eigenvalue weighted by Crippen LogP contribution is 2.23. The number of rotatable bonds is 9. The molecule has 7 nitrogen and oxygen atoms in total. The van der Waals surface area contributed by atoms with Gasteiger partial charge in [0.15, 0.2) is 5.96 Å². The van der Waals surface area contributed by atoms with E-state index in [-0.39, 0.29) is 0 Å². The van der Waals surface area contributed by atoms with Crippen molar-refractivity contribution in [1.29, 1.82) is 0 Å². The molecule has 0 aliphatic heterocycles. The summed E-state index contributed by atoms with van der Waals surface area (Å²) in [7, 11) is 5.05. The summed E-state index contributed by atoms with van der Waals surface area (Å²) in [5.41, 5.74) is 2.26. The third kappa shape index (κ3) is 6.92. The van der Waals surface area contributed by atoms with Crippen LogP contribution in [0.5, 0.6) is 23.1 Å². The van der Waals surface area contributed by atoms with E-state index in [1.54, 1.807) is 27.5 Å². The summed E-state index contributed by atoms with van der Waals surface area (Å²) in [6, 6.07) is 19.3. The molecule has 0 saturated heterocycles. The highest BCUT2D eigenvalue weighted by atomic mass is 16.5. The Morgan fingerprint density at radius 1 is 0.871 bits per heavy atom. The first-order valence-corrected chi connectivity index (χ1v) is 10.0. The second-order valence-electron chi connectivity index (χ2n) is 6.74. The minimum absolute atomic E-state index is 0.527. The average molecular weight is 421 g/mol. The first kappa shape index (κ1) is 22.0. The molecule has 7 heteroatoms. The molecule has 162 valence electrons. The molecule has 2 aromatic carbocycles. The Labute approximate surface area is 183 Å². The van der Waals surface area contributed by atoms with Crippen LogP contribution in [0.25, 0.3) is 0 Å². The summed E-state index contributed by atoms with van der Waals surface area (Å²) in [5, 5.41) is 6.62. The van der Waals surface area contributed by atoms with Crippen LogP contribution < -0.4 is 24.8 Å². The molecule has 0 spiro atoms. The van der Waals surface area contributed by atoms with Gasteiger partial charge in [0, 0.05) is 38.5 Å². The normalized spacial score (nSPS) is 11.0. The Bertz CT molecular complexity index is 973. The van der Waals surface area contributed by atoms with Crippen LogP contribution in [0.2, 0.25) is 0 Å². The smallest absolute Gasteiger partial charge is 0.219 e. The van der Waals surface area contributed by atoms with Crippen LogP contribution in [-0.4, -0.2) is 38.8 Å². The Balaban J connectivity index is 1.44. The average Bonchev–Trinajstić information content (AvgIpc) is 2.82. The maximum Gasteiger partial charge on any atom is 0.219 e. The molecule has 3 aromatic rings. The number of benzene rings is 2. The predicted octanol–water partition coefficient (Wildman–Crippen LogP) is 3.80. The molecule has 0 bridgehead atoms. The number of ether oxygens (including phenoxy) is 3. The number of pyridine rings is 1. The van der Waals surface area contributed by atoms with E-state index in [0.29, 0.717) is 18.2 Å². The van der Waals surface area contributed by atoms with E-state index in [0.717, 1.165) is 36.0 Å². The van der Waals surface area contributed by atoms with Crippen LogP contribution in [0.15, 0.2) is 71.9 Å². The van der Waals surface area contributed by atoms with Crippen molar-refractivity contribution >= 4 is 5.96 Å². The third-order valence-corrected chi connectivity index (χ3v) is 4.61. The van der Waals surface area contributed by atoms with Gasteiger partial charge in [-0.15, -0.1) is 0 Å². The lowest BCUT2D eigenvalue weighted by Crippen LogP contribution is -2.37. The lowest BCUT2D eigenvalue weighted by molar-refractivity contribution is 0.407. The van der Waals surface area contributed by atoms with Gasteiger partial charge in [0.2, 0.25) is 5.88 Å². The van der Waals surface area contributed by atoms with Gasteiger partial charge in [-0.3, -0.25) is 4.99 Å². The number of hydrogen-bond acceptors (Lipinski definition) is 5. The lowest BCUT2D eigenvalue weighted by Gasteiger charge is -2.12. The molecule has 1 aromatic heterocycles. The Morgan fingerprint density at radius 2 is 1.61 bits per heavy atom. The Morgan fingerprint density at radius 3 is 2.29 bits per heavy atom. The number of nitrogens with zero attached hydrogens (tertiary/aromatic N) is 2. The SMILES string of the molecule is CN=C(NCCc1ccc(OC)cc1)NCc1ccc(Oc2cccc(OC)c2)nc1. The first-order valence-electron chi connectivity index (χ1n) is 10.0. The molecular formula is C24H28N4O3. The number of nitrogens with one attached hydrogen (secondary N) is 2. The molecule has 0 unspecified atom stereocenters. The van der Waals surface area contributed by atoms with Crippen molar-refractivity contribution in [1.82, 2.24) is 15.6 Å². The van der Waals surface area contributed by atoms with Gasteiger partial charge in [-0.1, -0.05) is 24.3 Å². The molecule has 0 saturated carbocycles. The van der Waals surface area contributed by atoms with Crippen LogP contribution in [0.1, 0.15) is 11.1 Å². The lowest BCUT2D eigenvalue weighted by atomic mass is 10.1. The Kier molecular flexibility index (Phi) is 8.11. The minimum atomic E-state index is 0.527. The van der Waals surface area contributed by atoms with E-state index >= 15 is 0 Å². The fourth-order valence-electron chi connectivity index (χ4n) is 2.89. The minimum Gasteiger partial charge on any atom is -0.497 e. The molecule has 0 amide bonds. The molecule has 0 radical (unpaired) electrons. The topological polar surface area (TPSA) is 77.0 Å². The molecular weight excluding hydrogens is 392 g/mol. The quantitative estimate of drug-likeness (QED) is 0.405. The zero-order valence-electron chi connectivity index (χ0n) is 18.1. The van der Waals surface area contributed by atoms with E-state index in [1.807, 2.05) is 48.5 Å². The van der Waals surface area contributed by atoms with E-state index in [2.05, 4.69) is 32.7 Å². The maximum absolute atomic E-state index is 5.78. The Hall–Kier alpha value is -3.74. The molecule has 0 atom stereocenters. The van der Waals surface area contributed by atoms with Crippen molar-refractivity contribution in [3.05, 3.63) is 78.0 Å². The summed E-state index contributed by atoms with van der Waals surface area (Å²) < 4.78 is 16.2. The summed E-state index contributed by atoms with van der Waals surface area (Å²) in [6.45, 7) is 1.38. The second kappa shape index (κ2) is 11.4. The summed E-state index contributed by atoms with van der Waals surface area (Å²) in [5.74, 6) is 3.55. The molecule has 3 rings (SSSR count). The largest absolute Gasteiger partial charge is 0.497 e. The van der Waals surface area contributed by atoms with E-state index in [9.17, 15) is 0 Å². The molecule has 31 heavy (non-hydrogen) atoms. The van der Waals surface area contributed by atoms with Gasteiger partial charge in [0.1, 0.15) is 17.2 Å². The summed E-state index contributed by atoms with van der Waals surface area (Å²) in [4.78, 5) is 8.64. The van der Waals surface area contributed by atoms with Gasteiger partial charge in [0.05, 0.1) is 14.2 Å². The molecule has 2 N–H and O–H groups in total. The molecule has 1 heterocycles. The fourth-order valence-corrected chi connectivity index (χ4v) is 2.89. The van der Waals surface area contributed by atoms with Crippen molar-refractivity contribution in [3.8, 4) is 23.1 Å². The van der Waals surface area contributed by atoms with Crippen LogP contribution in [-0.2, 0) is 13.0 Å². The van der Waals surface area contributed by atoms with Crippen molar-refractivity contribution in [2.45, 2.75) is 13.0 Å². The van der Waals surface area contributed by atoms with Crippen LogP contribution >= 0.6 is 0 Å². The zero-order valence-corrected chi connectivity index (χ0v) is 18.1. The van der Waals surface area contributed by atoms with Gasteiger partial charge in [-0.05, 0) is 41.8 Å². The van der Waals surface area contributed by atoms with Gasteiger partial charge in [-0.2, -0.15) is 0 Å². The highest BCUT2D eigenvalue weighted by molar-refractivity contribution is 5.79. The first-order chi connectivity index (χ1) is 15.2. The predicted molar refractivity (Wildman–Crippen MR) is 122 cm³/mol. The van der Waals surface area contributed by atoms with Crippen molar-refractivity contribution in [3.63, 3.8) is 0 Å². The van der Waals surface area contributed by atoms with Gasteiger partial charge in [-0.25, -0.2) is 4.98 Å². The van der Waals surface area contributed by atoms with Gasteiger partial charge < -0.3 is 24.8 Å². The monoisotopic (exact) mass is 420 g/mol. The van der Waals surface area contributed by atoms with Crippen LogP contribution in [0, 0.1) is 0 Å². The van der Waals surface area contributed by atoms with Gasteiger partial charge in [0.25, 0.3) is 0 Å². The number of guanidine groups is 1. The second-order valence-corrected chi connectivity index (χ2v) is 6.74. The van der Waals surface area contributed by atoms with Gasteiger partial charge >= 0.3 is 0 Å².